The van der Waals surface area contributed by atoms with Crippen molar-refractivity contribution in [3.63, 3.8) is 0 Å². The van der Waals surface area contributed by atoms with Crippen LogP contribution in [-0.2, 0) is 39.3 Å². The number of ketones is 2. The molecule has 0 heterocycles. The number of hydrogen-bond acceptors (Lipinski definition) is 10. The molecular formula is C46H62N2O12S2. The van der Waals surface area contributed by atoms with E-state index in [0.29, 0.717) is 11.1 Å². The fraction of sp³-hybridized carbons (Fsp3) is 0.435. The molecular weight excluding hydrogens is 837 g/mol. The van der Waals surface area contributed by atoms with Gasteiger partial charge in [-0.05, 0) is 74.7 Å². The average molecular weight is 899 g/mol. The minimum Gasteiger partial charge on any atom is -0.438 e. The van der Waals surface area contributed by atoms with E-state index in [1.807, 2.05) is 140 Å². The van der Waals surface area contributed by atoms with Gasteiger partial charge in [-0.1, -0.05) is 135 Å². The van der Waals surface area contributed by atoms with Crippen molar-refractivity contribution in [3.8, 4) is 0 Å². The third-order valence-corrected chi connectivity index (χ3v) is 11.5. The van der Waals surface area contributed by atoms with Crippen LogP contribution >= 0.6 is 0 Å². The zero-order valence-electron chi connectivity index (χ0n) is 37.3. The van der Waals surface area contributed by atoms with Crippen molar-refractivity contribution in [2.24, 2.45) is 10.8 Å². The number of carbonyl (C=O) groups excluding carboxylic acids is 4. The van der Waals surface area contributed by atoms with Gasteiger partial charge in [0.2, 0.25) is 0 Å². The van der Waals surface area contributed by atoms with Crippen molar-refractivity contribution < 1.29 is 54.6 Å². The molecule has 2 aliphatic carbocycles. The monoisotopic (exact) mass is 898 g/mol. The summed E-state index contributed by atoms with van der Waals surface area (Å²) in [7, 11) is -8.48. The van der Waals surface area contributed by atoms with Crippen molar-refractivity contribution in [2.75, 3.05) is 24.6 Å². The van der Waals surface area contributed by atoms with E-state index in [0.717, 1.165) is 33.4 Å². The van der Waals surface area contributed by atoms with Crippen LogP contribution in [0.5, 0.6) is 0 Å². The van der Waals surface area contributed by atoms with Crippen molar-refractivity contribution in [1.29, 1.82) is 0 Å². The maximum absolute atomic E-state index is 13.0. The van der Waals surface area contributed by atoms with Gasteiger partial charge in [-0.3, -0.25) is 18.7 Å². The van der Waals surface area contributed by atoms with Gasteiger partial charge in [0.25, 0.3) is 20.2 Å². The quantitative estimate of drug-likeness (QED) is 0.0757. The summed E-state index contributed by atoms with van der Waals surface area (Å²) in [5.74, 6) is -1.98. The molecule has 62 heavy (non-hydrogen) atoms. The first kappa shape index (κ1) is 53.0. The molecule has 0 spiro atoms. The minimum atomic E-state index is -4.24. The normalized spacial score (nSPS) is 21.0. The summed E-state index contributed by atoms with van der Waals surface area (Å²) in [5, 5.41) is 4.48. The lowest BCUT2D eigenvalue weighted by molar-refractivity contribution is -0.126. The predicted molar refractivity (Wildman–Crippen MR) is 242 cm³/mol. The molecule has 2 unspecified atom stereocenters. The van der Waals surface area contributed by atoms with Crippen molar-refractivity contribution >= 4 is 44.0 Å². The van der Waals surface area contributed by atoms with Gasteiger partial charge in [0.1, 0.15) is 0 Å². The van der Waals surface area contributed by atoms with E-state index in [9.17, 15) is 36.0 Å². The molecule has 2 rings (SSSR count). The molecule has 0 aromatic carbocycles. The Kier molecular flexibility index (Phi) is 19.9. The number of ether oxygens (including phenoxy) is 2. The Balaban J connectivity index is 1.96. The Morgan fingerprint density at radius 1 is 0.597 bits per heavy atom. The van der Waals surface area contributed by atoms with Crippen LogP contribution in [0.1, 0.15) is 82.1 Å². The Hall–Kier alpha value is -5.16. The van der Waals surface area contributed by atoms with E-state index in [2.05, 4.69) is 10.6 Å². The van der Waals surface area contributed by atoms with E-state index >= 15 is 0 Å². The van der Waals surface area contributed by atoms with Crippen molar-refractivity contribution in [3.05, 3.63) is 130 Å². The van der Waals surface area contributed by atoms with Gasteiger partial charge in [0.15, 0.2) is 23.8 Å². The van der Waals surface area contributed by atoms with Crippen LogP contribution < -0.4 is 10.6 Å². The highest BCUT2D eigenvalue weighted by molar-refractivity contribution is 7.86. The van der Waals surface area contributed by atoms with Crippen LogP contribution in [0.4, 0.5) is 9.59 Å². The topological polar surface area (TPSA) is 220 Å². The summed E-state index contributed by atoms with van der Waals surface area (Å²) in [5.41, 5.74) is 5.60. The molecule has 0 bridgehead atoms. The van der Waals surface area contributed by atoms with Crippen LogP contribution in [0.3, 0.4) is 0 Å². The number of carbonyl (C=O) groups is 4. The molecule has 2 amide bonds. The maximum Gasteiger partial charge on any atom is 0.407 e. The van der Waals surface area contributed by atoms with E-state index in [1.165, 1.54) is 0 Å². The van der Waals surface area contributed by atoms with Crippen molar-refractivity contribution in [1.82, 2.24) is 10.6 Å². The summed E-state index contributed by atoms with van der Waals surface area (Å²) in [6.07, 6.45) is 23.9. The number of amides is 2. The summed E-state index contributed by atoms with van der Waals surface area (Å²) in [6.45, 7) is 18.4. The second kappa shape index (κ2) is 23.3. The molecule has 340 valence electrons. The van der Waals surface area contributed by atoms with E-state index in [1.54, 1.807) is 13.8 Å². The summed E-state index contributed by atoms with van der Waals surface area (Å²) in [6, 6.07) is 0. The summed E-state index contributed by atoms with van der Waals surface area (Å²) >= 11 is 0. The molecule has 2 aliphatic rings. The largest absolute Gasteiger partial charge is 0.438 e. The number of Topliss-reactive ketones (excluding diaryl/α,β-unsaturated/α-hetero) is 2. The third kappa shape index (κ3) is 18.8. The second-order valence-electron chi connectivity index (χ2n) is 16.6. The minimum absolute atomic E-state index is 0.248. The standard InChI is InChI=1S/C46H62N2O12S2/c1-31(17-13-19-33(3)21-23-37-35(5)41(49)39(29-45(37,7)8)59-43(51)47-25-27-61(53,54)55)15-11-12-16-32(2)18-14-20-34(4)22-24-38-36(6)42(50)40(30-46(38,9)10)60-44(52)48-26-28-62(56,57)58/h11-24,39-40H,25-30H2,1-10H3,(H,47,51)(H,48,52)(H,53,54,55)(H,56,57,58)/b12-11+,17-13+,18-14+,23-21+,24-22+,31-15+,32-16+,33-19+,34-20+. The van der Waals surface area contributed by atoms with Gasteiger partial charge >= 0.3 is 12.2 Å². The average Bonchev–Trinajstić information content (AvgIpc) is 3.13. The van der Waals surface area contributed by atoms with Gasteiger partial charge in [-0.15, -0.1) is 0 Å². The lowest BCUT2D eigenvalue weighted by atomic mass is 9.71. The molecule has 0 saturated carbocycles. The summed E-state index contributed by atoms with van der Waals surface area (Å²) < 4.78 is 71.8. The predicted octanol–water partition coefficient (Wildman–Crippen LogP) is 8.15. The Labute approximate surface area is 367 Å². The first-order valence-electron chi connectivity index (χ1n) is 20.0. The van der Waals surface area contributed by atoms with Gasteiger partial charge in [-0.2, -0.15) is 16.8 Å². The molecule has 16 heteroatoms. The molecule has 0 fully saturated rings. The SMILES string of the molecule is CC1=C(/C=C/C(C)=C/C=C/C(C)=C/C=C/C=C(C)/C=C/C=C(C)/C=C/C2=C(C)C(=O)C(OC(=O)NCCS(=O)(=O)O)CC2(C)C)C(C)(C)CC(OC(=O)NCCS(=O)(=O)O)C1=O. The van der Waals surface area contributed by atoms with Gasteiger partial charge in [0.05, 0.1) is 11.5 Å². The molecule has 0 saturated heterocycles. The zero-order valence-corrected chi connectivity index (χ0v) is 38.9. The number of alkyl carbamates (subject to hydrolysis) is 2. The molecule has 14 nitrogen and oxygen atoms in total. The zero-order chi connectivity index (χ0) is 47.1. The van der Waals surface area contributed by atoms with Gasteiger partial charge in [-0.25, -0.2) is 9.59 Å². The van der Waals surface area contributed by atoms with Gasteiger partial charge in [0, 0.05) is 25.9 Å². The number of allylic oxidation sites excluding steroid dienone is 20. The van der Waals surface area contributed by atoms with Crippen LogP contribution in [-0.4, -0.2) is 86.5 Å². The van der Waals surface area contributed by atoms with E-state index in [4.69, 9.17) is 18.6 Å². The second-order valence-corrected chi connectivity index (χ2v) is 19.8. The fourth-order valence-corrected chi connectivity index (χ4v) is 7.38. The Bertz CT molecular complexity index is 2130. The summed E-state index contributed by atoms with van der Waals surface area (Å²) in [4.78, 5) is 50.4. The number of rotatable bonds is 18. The van der Waals surface area contributed by atoms with Crippen molar-refractivity contribution in [2.45, 2.75) is 94.3 Å². The lowest BCUT2D eigenvalue weighted by Crippen LogP contribution is -2.41. The highest BCUT2D eigenvalue weighted by Crippen LogP contribution is 2.42. The first-order chi connectivity index (χ1) is 28.6. The smallest absolute Gasteiger partial charge is 0.407 e. The highest BCUT2D eigenvalue weighted by atomic mass is 32.2. The van der Waals surface area contributed by atoms with E-state index < -0.39 is 67.0 Å². The Morgan fingerprint density at radius 2 is 0.903 bits per heavy atom. The molecule has 0 aromatic heterocycles. The molecule has 0 radical (unpaired) electrons. The van der Waals surface area contributed by atoms with Crippen LogP contribution in [0.25, 0.3) is 0 Å². The molecule has 4 N–H and O–H groups in total. The van der Waals surface area contributed by atoms with Gasteiger partial charge < -0.3 is 20.1 Å². The van der Waals surface area contributed by atoms with Crippen LogP contribution in [0.2, 0.25) is 0 Å². The highest BCUT2D eigenvalue weighted by Gasteiger charge is 2.41. The van der Waals surface area contributed by atoms with E-state index in [-0.39, 0.29) is 37.5 Å². The maximum atomic E-state index is 13.0. The number of hydrogen-bond donors (Lipinski definition) is 4. The van der Waals surface area contributed by atoms with Crippen LogP contribution in [0, 0.1) is 10.8 Å². The number of nitrogens with one attached hydrogen (secondary N) is 2. The molecule has 0 aromatic rings. The lowest BCUT2D eigenvalue weighted by Gasteiger charge is -2.36. The Morgan fingerprint density at radius 3 is 1.23 bits per heavy atom. The molecule has 0 aliphatic heterocycles. The molecule has 2 atom stereocenters. The third-order valence-electron chi connectivity index (χ3n) is 10.0. The first-order valence-corrected chi connectivity index (χ1v) is 23.2. The fourth-order valence-electron chi connectivity index (χ4n) is 6.66. The van der Waals surface area contributed by atoms with Crippen LogP contribution in [0.15, 0.2) is 130 Å².